The summed E-state index contributed by atoms with van der Waals surface area (Å²) in [6.45, 7) is 4.13. The minimum absolute atomic E-state index is 0.202. The van der Waals surface area contributed by atoms with E-state index in [4.69, 9.17) is 9.15 Å². The molecule has 0 saturated carbocycles. The first kappa shape index (κ1) is 18.9. The summed E-state index contributed by atoms with van der Waals surface area (Å²) in [5, 5.41) is 4.24. The Morgan fingerprint density at radius 2 is 1.93 bits per heavy atom. The first-order valence-electron chi connectivity index (χ1n) is 8.98. The first-order valence-corrected chi connectivity index (χ1v) is 9.79. The van der Waals surface area contributed by atoms with E-state index in [1.807, 2.05) is 38.1 Å². The summed E-state index contributed by atoms with van der Waals surface area (Å²) in [6, 6.07) is 14.1. The van der Waals surface area contributed by atoms with E-state index in [0.29, 0.717) is 28.6 Å². The van der Waals surface area contributed by atoms with Gasteiger partial charge in [0, 0.05) is 34.2 Å². The van der Waals surface area contributed by atoms with Crippen molar-refractivity contribution < 1.29 is 13.9 Å². The molecule has 0 fully saturated rings. The van der Waals surface area contributed by atoms with Crippen LogP contribution in [-0.2, 0) is 6.61 Å². The SMILES string of the molecule is Cc1cnc(NC(=O)c2ccc(COc3ccc4c(C)cc(=O)oc4c3)cc2)s1. The number of rotatable bonds is 5. The topological polar surface area (TPSA) is 81.4 Å². The number of hydrogen-bond donors (Lipinski definition) is 1. The van der Waals surface area contributed by atoms with E-state index in [2.05, 4.69) is 10.3 Å². The van der Waals surface area contributed by atoms with Gasteiger partial charge in [-0.3, -0.25) is 10.1 Å². The van der Waals surface area contributed by atoms with Crippen LogP contribution in [-0.4, -0.2) is 10.9 Å². The molecule has 2 aromatic heterocycles. The molecule has 29 heavy (non-hydrogen) atoms. The van der Waals surface area contributed by atoms with Gasteiger partial charge in [-0.25, -0.2) is 9.78 Å². The van der Waals surface area contributed by atoms with Crippen molar-refractivity contribution in [3.05, 3.63) is 86.7 Å². The Kier molecular flexibility index (Phi) is 5.14. The van der Waals surface area contributed by atoms with Crippen LogP contribution in [0.4, 0.5) is 5.13 Å². The summed E-state index contributed by atoms with van der Waals surface area (Å²) in [6.07, 6.45) is 1.72. The number of thiazole rings is 1. The molecule has 4 aromatic rings. The molecule has 0 atom stereocenters. The summed E-state index contributed by atoms with van der Waals surface area (Å²) in [5.41, 5.74) is 2.44. The Labute approximate surface area is 170 Å². The zero-order valence-electron chi connectivity index (χ0n) is 15.9. The summed E-state index contributed by atoms with van der Waals surface area (Å²) in [7, 11) is 0. The van der Waals surface area contributed by atoms with E-state index >= 15 is 0 Å². The molecule has 0 spiro atoms. The number of aromatic nitrogens is 1. The van der Waals surface area contributed by atoms with Crippen molar-refractivity contribution in [1.29, 1.82) is 0 Å². The van der Waals surface area contributed by atoms with Crippen LogP contribution in [0.15, 0.2) is 63.9 Å². The molecule has 146 valence electrons. The first-order chi connectivity index (χ1) is 14.0. The van der Waals surface area contributed by atoms with Gasteiger partial charge in [0.1, 0.15) is 17.9 Å². The maximum absolute atomic E-state index is 12.3. The van der Waals surface area contributed by atoms with E-state index in [0.717, 1.165) is 21.4 Å². The fourth-order valence-electron chi connectivity index (χ4n) is 2.90. The van der Waals surface area contributed by atoms with Crippen molar-refractivity contribution in [3.63, 3.8) is 0 Å². The van der Waals surface area contributed by atoms with Crippen molar-refractivity contribution in [3.8, 4) is 5.75 Å². The van der Waals surface area contributed by atoms with Crippen LogP contribution in [0.1, 0.15) is 26.4 Å². The number of aryl methyl sites for hydroxylation is 2. The van der Waals surface area contributed by atoms with Gasteiger partial charge in [-0.05, 0) is 49.2 Å². The van der Waals surface area contributed by atoms with Crippen LogP contribution in [0.3, 0.4) is 0 Å². The summed E-state index contributed by atoms with van der Waals surface area (Å²) < 4.78 is 11.1. The molecule has 0 aliphatic rings. The Balaban J connectivity index is 1.42. The smallest absolute Gasteiger partial charge is 0.336 e. The molecule has 0 bridgehead atoms. The Bertz CT molecular complexity index is 1240. The molecule has 2 heterocycles. The normalized spacial score (nSPS) is 10.8. The van der Waals surface area contributed by atoms with Gasteiger partial charge in [0.15, 0.2) is 5.13 Å². The Morgan fingerprint density at radius 3 is 2.66 bits per heavy atom. The number of benzene rings is 2. The van der Waals surface area contributed by atoms with Crippen LogP contribution in [0.2, 0.25) is 0 Å². The number of fused-ring (bicyclic) bond motifs is 1. The molecule has 0 unspecified atom stereocenters. The second-order valence-electron chi connectivity index (χ2n) is 6.62. The zero-order chi connectivity index (χ0) is 20.4. The third-order valence-electron chi connectivity index (χ3n) is 4.39. The molecule has 2 aromatic carbocycles. The second-order valence-corrected chi connectivity index (χ2v) is 7.86. The van der Waals surface area contributed by atoms with Gasteiger partial charge in [0.25, 0.3) is 5.91 Å². The quantitative estimate of drug-likeness (QED) is 0.486. The van der Waals surface area contributed by atoms with Gasteiger partial charge < -0.3 is 9.15 Å². The van der Waals surface area contributed by atoms with Crippen molar-refractivity contribution >= 4 is 33.3 Å². The number of anilines is 1. The number of hydrogen-bond acceptors (Lipinski definition) is 6. The number of ether oxygens (including phenoxy) is 1. The molecule has 0 saturated heterocycles. The van der Waals surface area contributed by atoms with E-state index in [1.54, 1.807) is 24.4 Å². The van der Waals surface area contributed by atoms with Crippen molar-refractivity contribution in [2.24, 2.45) is 0 Å². The molecular weight excluding hydrogens is 388 g/mol. The number of nitrogens with zero attached hydrogens (tertiary/aromatic N) is 1. The summed E-state index contributed by atoms with van der Waals surface area (Å²) in [4.78, 5) is 29.0. The number of nitrogens with one attached hydrogen (secondary N) is 1. The molecule has 0 aliphatic heterocycles. The average molecular weight is 406 g/mol. The predicted molar refractivity (Wildman–Crippen MR) is 113 cm³/mol. The van der Waals surface area contributed by atoms with Gasteiger partial charge >= 0.3 is 5.63 Å². The highest BCUT2D eigenvalue weighted by Crippen LogP contribution is 2.23. The Morgan fingerprint density at radius 1 is 1.14 bits per heavy atom. The lowest BCUT2D eigenvalue weighted by atomic mass is 10.1. The number of carbonyl (C=O) groups is 1. The molecular formula is C22H18N2O4S. The lowest BCUT2D eigenvalue weighted by Crippen LogP contribution is -2.11. The van der Waals surface area contributed by atoms with E-state index < -0.39 is 0 Å². The molecule has 1 N–H and O–H groups in total. The van der Waals surface area contributed by atoms with Gasteiger partial charge in [-0.2, -0.15) is 0 Å². The van der Waals surface area contributed by atoms with E-state index in [9.17, 15) is 9.59 Å². The standard InChI is InChI=1S/C22H18N2O4S/c1-13-9-20(25)28-19-10-17(7-8-18(13)19)27-12-15-3-5-16(6-4-15)21(26)24-22-23-11-14(2)29-22/h3-11H,12H2,1-2H3,(H,23,24,26). The highest BCUT2D eigenvalue weighted by molar-refractivity contribution is 7.15. The largest absolute Gasteiger partial charge is 0.489 e. The van der Waals surface area contributed by atoms with E-state index in [1.165, 1.54) is 17.4 Å². The molecule has 0 radical (unpaired) electrons. The average Bonchev–Trinajstić information content (AvgIpc) is 3.11. The Hall–Kier alpha value is -3.45. The number of carbonyl (C=O) groups excluding carboxylic acids is 1. The lowest BCUT2D eigenvalue weighted by Gasteiger charge is -2.08. The second kappa shape index (κ2) is 7.89. The van der Waals surface area contributed by atoms with Crippen molar-refractivity contribution in [2.75, 3.05) is 5.32 Å². The lowest BCUT2D eigenvalue weighted by molar-refractivity contribution is 0.102. The van der Waals surface area contributed by atoms with Gasteiger partial charge in [0.2, 0.25) is 0 Å². The fourth-order valence-corrected chi connectivity index (χ4v) is 3.56. The molecule has 0 aliphatic carbocycles. The van der Waals surface area contributed by atoms with Crippen LogP contribution in [0.5, 0.6) is 5.75 Å². The maximum Gasteiger partial charge on any atom is 0.336 e. The minimum Gasteiger partial charge on any atom is -0.489 e. The van der Waals surface area contributed by atoms with Crippen LogP contribution >= 0.6 is 11.3 Å². The van der Waals surface area contributed by atoms with Gasteiger partial charge in [-0.15, -0.1) is 11.3 Å². The molecule has 4 rings (SSSR count). The monoisotopic (exact) mass is 406 g/mol. The molecule has 1 amide bonds. The van der Waals surface area contributed by atoms with Crippen molar-refractivity contribution in [2.45, 2.75) is 20.5 Å². The van der Waals surface area contributed by atoms with Gasteiger partial charge in [-0.1, -0.05) is 12.1 Å². The molecule has 7 heteroatoms. The third-order valence-corrected chi connectivity index (χ3v) is 5.21. The van der Waals surface area contributed by atoms with E-state index in [-0.39, 0.29) is 11.5 Å². The molecule has 6 nitrogen and oxygen atoms in total. The fraction of sp³-hybridized carbons (Fsp3) is 0.136. The zero-order valence-corrected chi connectivity index (χ0v) is 16.7. The third kappa shape index (κ3) is 4.35. The van der Waals surface area contributed by atoms with Gasteiger partial charge in [0.05, 0.1) is 0 Å². The van der Waals surface area contributed by atoms with Crippen molar-refractivity contribution in [1.82, 2.24) is 4.98 Å². The minimum atomic E-state index is -0.381. The summed E-state index contributed by atoms with van der Waals surface area (Å²) >= 11 is 1.43. The van der Waals surface area contributed by atoms with Crippen LogP contribution in [0, 0.1) is 13.8 Å². The van der Waals surface area contributed by atoms with Crippen LogP contribution < -0.4 is 15.7 Å². The maximum atomic E-state index is 12.3. The highest BCUT2D eigenvalue weighted by atomic mass is 32.1. The highest BCUT2D eigenvalue weighted by Gasteiger charge is 2.09. The number of amides is 1. The van der Waals surface area contributed by atoms with Crippen LogP contribution in [0.25, 0.3) is 11.0 Å². The predicted octanol–water partition coefficient (Wildman–Crippen LogP) is 4.70. The summed E-state index contributed by atoms with van der Waals surface area (Å²) in [5.74, 6) is 0.402.